The minimum Gasteiger partial charge on any atom is -0.396 e. The van der Waals surface area contributed by atoms with Crippen LogP contribution in [0.25, 0.3) is 0 Å². The van der Waals surface area contributed by atoms with Crippen LogP contribution in [0.4, 0.5) is 18.9 Å². The highest BCUT2D eigenvalue weighted by Gasteiger charge is 2.31. The Morgan fingerprint density at radius 2 is 2.00 bits per heavy atom. The molecule has 0 spiro atoms. The summed E-state index contributed by atoms with van der Waals surface area (Å²) in [5.41, 5.74) is 4.99. The van der Waals surface area contributed by atoms with Crippen molar-refractivity contribution in [2.45, 2.75) is 6.30 Å². The lowest BCUT2D eigenvalue weighted by atomic mass is 10.6. The fourth-order valence-corrected chi connectivity index (χ4v) is 0.475. The van der Waals surface area contributed by atoms with Crippen LogP contribution in [0, 0.1) is 0 Å². The van der Waals surface area contributed by atoms with Crippen LogP contribution in [0.5, 0.6) is 0 Å². The summed E-state index contributed by atoms with van der Waals surface area (Å²) < 4.78 is 34.8. The van der Waals surface area contributed by atoms with E-state index in [2.05, 4.69) is 5.10 Å². The molecule has 0 saturated heterocycles. The highest BCUT2D eigenvalue weighted by molar-refractivity contribution is 5.85. The van der Waals surface area contributed by atoms with E-state index in [9.17, 15) is 13.2 Å². The van der Waals surface area contributed by atoms with E-state index in [-0.39, 0.29) is 22.8 Å². The number of hydrogen-bond acceptors (Lipinski definition) is 2. The standard InChI is InChI=1S/C4H4F3N3.ClH/c5-4(6,7)10-2-3(8)1-9-10;/h1-2H,8H2;1H. The molecule has 1 aromatic rings. The molecule has 11 heavy (non-hydrogen) atoms. The van der Waals surface area contributed by atoms with Crippen LogP contribution < -0.4 is 5.73 Å². The second-order valence-corrected chi connectivity index (χ2v) is 1.69. The van der Waals surface area contributed by atoms with Crippen LogP contribution >= 0.6 is 12.4 Å². The average Bonchev–Trinajstić information content (AvgIpc) is 2.11. The minimum absolute atomic E-state index is 0. The maximum Gasteiger partial charge on any atom is 0.504 e. The number of hydrogen-bond donors (Lipinski definition) is 1. The van der Waals surface area contributed by atoms with Crippen LogP contribution in [0.1, 0.15) is 0 Å². The molecule has 0 aliphatic rings. The summed E-state index contributed by atoms with van der Waals surface area (Å²) in [5.74, 6) is 0. The van der Waals surface area contributed by atoms with Gasteiger partial charge in [0.25, 0.3) is 0 Å². The predicted molar refractivity (Wildman–Crippen MR) is 35.2 cm³/mol. The Bertz CT molecular complexity index is 231. The summed E-state index contributed by atoms with van der Waals surface area (Å²) in [5, 5.41) is 2.95. The number of halogens is 4. The molecule has 0 fully saturated rings. The normalized spacial score (nSPS) is 10.8. The SMILES string of the molecule is Cl.Nc1cnn(C(F)(F)F)c1. The molecule has 1 heterocycles. The lowest BCUT2D eigenvalue weighted by molar-refractivity contribution is -0.212. The summed E-state index contributed by atoms with van der Waals surface area (Å²) in [6.45, 7) is 0. The molecular formula is C4H5ClF3N3. The molecule has 2 N–H and O–H groups in total. The minimum atomic E-state index is -4.46. The van der Waals surface area contributed by atoms with Crippen molar-refractivity contribution in [2.75, 3.05) is 5.73 Å². The molecule has 0 radical (unpaired) electrons. The van der Waals surface area contributed by atoms with Gasteiger partial charge in [-0.15, -0.1) is 25.6 Å². The lowest BCUT2D eigenvalue weighted by Crippen LogP contribution is -2.16. The number of nitrogens with two attached hydrogens (primary N) is 1. The highest BCUT2D eigenvalue weighted by atomic mass is 35.5. The number of anilines is 1. The molecule has 0 atom stereocenters. The number of nitrogen functional groups attached to an aromatic ring is 1. The van der Waals surface area contributed by atoms with Crippen molar-refractivity contribution in [3.8, 4) is 0 Å². The largest absolute Gasteiger partial charge is 0.504 e. The number of nitrogens with zero attached hydrogens (tertiary/aromatic N) is 2. The summed E-state index contributed by atoms with van der Waals surface area (Å²) in [6.07, 6.45) is -2.81. The van der Waals surface area contributed by atoms with E-state index in [1.807, 2.05) is 0 Å². The first kappa shape index (κ1) is 10.1. The summed E-state index contributed by atoms with van der Waals surface area (Å²) in [4.78, 5) is 0. The number of aromatic nitrogens is 2. The highest BCUT2D eigenvalue weighted by Crippen LogP contribution is 2.21. The molecular weight excluding hydrogens is 183 g/mol. The van der Waals surface area contributed by atoms with Crippen molar-refractivity contribution in [2.24, 2.45) is 0 Å². The van der Waals surface area contributed by atoms with Gasteiger partial charge in [-0.2, -0.15) is 9.78 Å². The van der Waals surface area contributed by atoms with Crippen molar-refractivity contribution in [1.29, 1.82) is 0 Å². The zero-order valence-corrected chi connectivity index (χ0v) is 5.99. The molecule has 0 aliphatic heterocycles. The molecule has 0 unspecified atom stereocenters. The van der Waals surface area contributed by atoms with Gasteiger partial charge in [-0.05, 0) is 0 Å². The third kappa shape index (κ3) is 2.30. The van der Waals surface area contributed by atoms with Crippen molar-refractivity contribution < 1.29 is 13.2 Å². The third-order valence-corrected chi connectivity index (χ3v) is 0.862. The van der Waals surface area contributed by atoms with Gasteiger partial charge < -0.3 is 5.73 Å². The molecule has 0 aliphatic carbocycles. The Morgan fingerprint density at radius 3 is 2.18 bits per heavy atom. The monoisotopic (exact) mass is 187 g/mol. The van der Waals surface area contributed by atoms with Gasteiger partial charge in [-0.1, -0.05) is 0 Å². The van der Waals surface area contributed by atoms with Gasteiger partial charge in [0.2, 0.25) is 0 Å². The number of rotatable bonds is 0. The quantitative estimate of drug-likeness (QED) is 0.667. The van der Waals surface area contributed by atoms with Gasteiger partial charge in [-0.3, -0.25) is 0 Å². The fraction of sp³-hybridized carbons (Fsp3) is 0.250. The Hall–Kier alpha value is -0.910. The first-order chi connectivity index (χ1) is 4.50. The summed E-state index contributed by atoms with van der Waals surface area (Å²) in [7, 11) is 0. The van der Waals surface area contributed by atoms with E-state index in [0.29, 0.717) is 6.20 Å². The molecule has 3 nitrogen and oxygen atoms in total. The molecule has 64 valence electrons. The van der Waals surface area contributed by atoms with Gasteiger partial charge in [0.15, 0.2) is 0 Å². The molecule has 1 aromatic heterocycles. The Kier molecular flexibility index (Phi) is 2.75. The molecule has 0 bridgehead atoms. The van der Waals surface area contributed by atoms with E-state index in [4.69, 9.17) is 5.73 Å². The summed E-state index contributed by atoms with van der Waals surface area (Å²) >= 11 is 0. The van der Waals surface area contributed by atoms with Gasteiger partial charge in [0.1, 0.15) is 0 Å². The van der Waals surface area contributed by atoms with Gasteiger partial charge in [0, 0.05) is 0 Å². The zero-order valence-electron chi connectivity index (χ0n) is 5.17. The topological polar surface area (TPSA) is 43.8 Å². The lowest BCUT2D eigenvalue weighted by Gasteiger charge is -2.03. The van der Waals surface area contributed by atoms with E-state index in [1.165, 1.54) is 0 Å². The van der Waals surface area contributed by atoms with Crippen LogP contribution in [-0.4, -0.2) is 9.78 Å². The second-order valence-electron chi connectivity index (χ2n) is 1.69. The first-order valence-electron chi connectivity index (χ1n) is 2.37. The second kappa shape index (κ2) is 3.00. The Morgan fingerprint density at radius 1 is 1.45 bits per heavy atom. The summed E-state index contributed by atoms with van der Waals surface area (Å²) in [6, 6.07) is 0. The van der Waals surface area contributed by atoms with Crippen molar-refractivity contribution in [3.05, 3.63) is 12.4 Å². The van der Waals surface area contributed by atoms with Gasteiger partial charge in [-0.25, -0.2) is 0 Å². The van der Waals surface area contributed by atoms with E-state index in [0.717, 1.165) is 6.20 Å². The van der Waals surface area contributed by atoms with Gasteiger partial charge >= 0.3 is 6.30 Å². The van der Waals surface area contributed by atoms with Crippen LogP contribution in [0.2, 0.25) is 0 Å². The molecule has 7 heteroatoms. The zero-order chi connectivity index (χ0) is 7.78. The van der Waals surface area contributed by atoms with E-state index >= 15 is 0 Å². The first-order valence-corrected chi connectivity index (χ1v) is 2.37. The molecule has 1 rings (SSSR count). The van der Waals surface area contributed by atoms with Crippen LogP contribution in [-0.2, 0) is 6.30 Å². The molecule has 0 saturated carbocycles. The molecule has 0 aromatic carbocycles. The van der Waals surface area contributed by atoms with Gasteiger partial charge in [0.05, 0.1) is 18.1 Å². The maximum absolute atomic E-state index is 11.6. The average molecular weight is 188 g/mol. The van der Waals surface area contributed by atoms with Crippen molar-refractivity contribution >= 4 is 18.1 Å². The van der Waals surface area contributed by atoms with Crippen LogP contribution in [0.3, 0.4) is 0 Å². The molecule has 0 amide bonds. The Labute approximate surface area is 66.4 Å². The Balaban J connectivity index is 0.000001000. The van der Waals surface area contributed by atoms with E-state index < -0.39 is 6.30 Å². The van der Waals surface area contributed by atoms with E-state index in [1.54, 1.807) is 0 Å². The van der Waals surface area contributed by atoms with Crippen LogP contribution in [0.15, 0.2) is 12.4 Å². The third-order valence-electron chi connectivity index (χ3n) is 0.862. The maximum atomic E-state index is 11.6. The van der Waals surface area contributed by atoms with Crippen molar-refractivity contribution in [3.63, 3.8) is 0 Å². The fourth-order valence-electron chi connectivity index (χ4n) is 0.475. The number of alkyl halides is 3. The van der Waals surface area contributed by atoms with Crippen molar-refractivity contribution in [1.82, 2.24) is 9.78 Å². The predicted octanol–water partition coefficient (Wildman–Crippen LogP) is 1.36. The smallest absolute Gasteiger partial charge is 0.396 e.